The second-order valence-corrected chi connectivity index (χ2v) is 4.05. The summed E-state index contributed by atoms with van der Waals surface area (Å²) in [6, 6.07) is 2.47. The average molecular weight is 166 g/mol. The van der Waals surface area contributed by atoms with Crippen molar-refractivity contribution in [2.45, 2.75) is 38.1 Å². The van der Waals surface area contributed by atoms with E-state index in [4.69, 9.17) is 5.26 Å². The minimum absolute atomic E-state index is 0.152. The fraction of sp³-hybridized carbons (Fsp3) is 0.900. The molecular weight excluding hydrogens is 148 g/mol. The Bertz CT molecular complexity index is 193. The zero-order chi connectivity index (χ0) is 9.19. The first-order valence-electron chi connectivity index (χ1n) is 4.73. The molecule has 0 bridgehead atoms. The second kappa shape index (κ2) is 3.45. The van der Waals surface area contributed by atoms with Crippen LogP contribution in [0.5, 0.6) is 0 Å². The molecule has 2 unspecified atom stereocenters. The Hall–Kier alpha value is -0.550. The first-order chi connectivity index (χ1) is 5.64. The largest absolute Gasteiger partial charge is 0.292 e. The van der Waals surface area contributed by atoms with Gasteiger partial charge in [0.05, 0.1) is 6.07 Å². The van der Waals surface area contributed by atoms with Crippen molar-refractivity contribution in [3.8, 4) is 6.07 Å². The van der Waals surface area contributed by atoms with Crippen LogP contribution in [-0.4, -0.2) is 24.5 Å². The predicted octanol–water partition coefficient (Wildman–Crippen LogP) is 2.02. The Morgan fingerprint density at radius 3 is 2.50 bits per heavy atom. The van der Waals surface area contributed by atoms with Gasteiger partial charge in [0.25, 0.3) is 0 Å². The highest BCUT2D eigenvalue weighted by Gasteiger charge is 2.40. The van der Waals surface area contributed by atoms with Crippen LogP contribution in [0.15, 0.2) is 0 Å². The van der Waals surface area contributed by atoms with Gasteiger partial charge in [-0.25, -0.2) is 0 Å². The molecular formula is C10H18N2. The molecule has 0 N–H and O–H groups in total. The fourth-order valence-electron chi connectivity index (χ4n) is 2.08. The summed E-state index contributed by atoms with van der Waals surface area (Å²) in [5.41, 5.74) is -0.152. The first-order valence-corrected chi connectivity index (χ1v) is 4.73. The van der Waals surface area contributed by atoms with Crippen molar-refractivity contribution in [3.05, 3.63) is 0 Å². The molecule has 1 saturated carbocycles. The zero-order valence-electron chi connectivity index (χ0n) is 8.30. The number of nitrogens with zero attached hydrogens (tertiary/aromatic N) is 2. The molecule has 68 valence electrons. The van der Waals surface area contributed by atoms with Gasteiger partial charge in [0.15, 0.2) is 0 Å². The van der Waals surface area contributed by atoms with E-state index in [2.05, 4.69) is 17.9 Å². The van der Waals surface area contributed by atoms with Crippen LogP contribution in [0.25, 0.3) is 0 Å². The lowest BCUT2D eigenvalue weighted by atomic mass is 9.95. The Kier molecular flexibility index (Phi) is 2.74. The van der Waals surface area contributed by atoms with E-state index in [0.717, 1.165) is 18.8 Å². The second-order valence-electron chi connectivity index (χ2n) is 4.05. The lowest BCUT2D eigenvalue weighted by molar-refractivity contribution is 0.215. The summed E-state index contributed by atoms with van der Waals surface area (Å²) >= 11 is 0. The molecule has 0 spiro atoms. The van der Waals surface area contributed by atoms with Gasteiger partial charge in [-0.2, -0.15) is 5.26 Å². The quantitative estimate of drug-likeness (QED) is 0.627. The Balaban J connectivity index is 2.68. The third kappa shape index (κ3) is 1.47. The summed E-state index contributed by atoms with van der Waals surface area (Å²) < 4.78 is 0. The highest BCUT2D eigenvalue weighted by Crippen LogP contribution is 2.38. The van der Waals surface area contributed by atoms with E-state index in [0.29, 0.717) is 0 Å². The third-order valence-corrected chi connectivity index (χ3v) is 3.23. The maximum absolute atomic E-state index is 9.11. The lowest BCUT2D eigenvalue weighted by Crippen LogP contribution is -2.40. The van der Waals surface area contributed by atoms with Crippen molar-refractivity contribution in [2.75, 3.05) is 14.1 Å². The molecule has 2 atom stereocenters. The summed E-state index contributed by atoms with van der Waals surface area (Å²) in [6.07, 6.45) is 4.56. The van der Waals surface area contributed by atoms with Crippen LogP contribution in [0.3, 0.4) is 0 Å². The van der Waals surface area contributed by atoms with E-state index in [1.807, 2.05) is 14.1 Å². The van der Waals surface area contributed by atoms with Crippen molar-refractivity contribution < 1.29 is 0 Å². The molecule has 1 fully saturated rings. The summed E-state index contributed by atoms with van der Waals surface area (Å²) in [6.45, 7) is 2.22. The van der Waals surface area contributed by atoms with Gasteiger partial charge in [0.1, 0.15) is 5.54 Å². The van der Waals surface area contributed by atoms with Crippen molar-refractivity contribution in [2.24, 2.45) is 5.92 Å². The molecule has 0 heterocycles. The van der Waals surface area contributed by atoms with Gasteiger partial charge in [-0.3, -0.25) is 4.90 Å². The summed E-state index contributed by atoms with van der Waals surface area (Å²) in [5, 5.41) is 9.11. The molecule has 1 aliphatic rings. The van der Waals surface area contributed by atoms with E-state index < -0.39 is 0 Å². The molecule has 0 saturated heterocycles. The van der Waals surface area contributed by atoms with Gasteiger partial charge in [0.2, 0.25) is 0 Å². The maximum atomic E-state index is 9.11. The summed E-state index contributed by atoms with van der Waals surface area (Å²) in [5.74, 6) is 0.770. The van der Waals surface area contributed by atoms with Crippen LogP contribution in [-0.2, 0) is 0 Å². The van der Waals surface area contributed by atoms with Crippen LogP contribution < -0.4 is 0 Å². The Labute approximate surface area is 75.2 Å². The van der Waals surface area contributed by atoms with E-state index >= 15 is 0 Å². The summed E-state index contributed by atoms with van der Waals surface area (Å²) in [7, 11) is 4.03. The van der Waals surface area contributed by atoms with Crippen LogP contribution in [0.2, 0.25) is 0 Å². The summed E-state index contributed by atoms with van der Waals surface area (Å²) in [4.78, 5) is 2.09. The first kappa shape index (κ1) is 9.54. The number of rotatable bonds is 2. The zero-order valence-corrected chi connectivity index (χ0v) is 8.30. The van der Waals surface area contributed by atoms with Crippen LogP contribution in [0, 0.1) is 17.2 Å². The van der Waals surface area contributed by atoms with Crippen molar-refractivity contribution in [1.82, 2.24) is 4.90 Å². The molecule has 1 aliphatic carbocycles. The number of hydrogen-bond donors (Lipinski definition) is 0. The molecule has 2 heteroatoms. The monoisotopic (exact) mass is 166 g/mol. The molecule has 0 amide bonds. The van der Waals surface area contributed by atoms with Crippen molar-refractivity contribution in [3.63, 3.8) is 0 Å². The third-order valence-electron chi connectivity index (χ3n) is 3.23. The molecule has 12 heavy (non-hydrogen) atoms. The molecule has 0 aromatic carbocycles. The molecule has 0 aromatic rings. The molecule has 0 radical (unpaired) electrons. The van der Waals surface area contributed by atoms with Crippen LogP contribution >= 0.6 is 0 Å². The topological polar surface area (TPSA) is 27.0 Å². The Morgan fingerprint density at radius 1 is 1.58 bits per heavy atom. The average Bonchev–Trinajstić information content (AvgIpc) is 2.48. The maximum Gasteiger partial charge on any atom is 0.109 e. The van der Waals surface area contributed by atoms with E-state index in [-0.39, 0.29) is 5.54 Å². The molecule has 2 nitrogen and oxygen atoms in total. The Morgan fingerprint density at radius 2 is 2.25 bits per heavy atom. The highest BCUT2D eigenvalue weighted by molar-refractivity contribution is 5.11. The van der Waals surface area contributed by atoms with Gasteiger partial charge in [-0.05, 0) is 39.3 Å². The van der Waals surface area contributed by atoms with E-state index in [1.165, 1.54) is 12.8 Å². The fourth-order valence-corrected chi connectivity index (χ4v) is 2.08. The predicted molar refractivity (Wildman–Crippen MR) is 49.7 cm³/mol. The minimum Gasteiger partial charge on any atom is -0.292 e. The molecule has 0 aromatic heterocycles. The van der Waals surface area contributed by atoms with Gasteiger partial charge in [-0.15, -0.1) is 0 Å². The van der Waals surface area contributed by atoms with Gasteiger partial charge >= 0.3 is 0 Å². The molecule has 1 rings (SSSR count). The number of hydrogen-bond acceptors (Lipinski definition) is 2. The van der Waals surface area contributed by atoms with Crippen LogP contribution in [0.4, 0.5) is 0 Å². The van der Waals surface area contributed by atoms with Crippen molar-refractivity contribution in [1.29, 1.82) is 5.26 Å². The van der Waals surface area contributed by atoms with Gasteiger partial charge in [-0.1, -0.05) is 13.3 Å². The van der Waals surface area contributed by atoms with Crippen LogP contribution in [0.1, 0.15) is 32.6 Å². The smallest absolute Gasteiger partial charge is 0.109 e. The highest BCUT2D eigenvalue weighted by atomic mass is 15.1. The van der Waals surface area contributed by atoms with E-state index in [9.17, 15) is 0 Å². The lowest BCUT2D eigenvalue weighted by Gasteiger charge is -2.29. The van der Waals surface area contributed by atoms with Gasteiger partial charge < -0.3 is 0 Å². The van der Waals surface area contributed by atoms with Crippen molar-refractivity contribution >= 4 is 0 Å². The molecule has 0 aliphatic heterocycles. The standard InChI is InChI=1S/C10H18N2/c1-4-9-5-6-10(7-9,8-11)12(2)3/h9H,4-7H2,1-3H3. The number of nitriles is 1. The van der Waals surface area contributed by atoms with Gasteiger partial charge in [0, 0.05) is 0 Å². The minimum atomic E-state index is -0.152. The van der Waals surface area contributed by atoms with E-state index in [1.54, 1.807) is 0 Å². The SMILES string of the molecule is CCC1CCC(C#N)(N(C)C)C1. The normalized spacial score (nSPS) is 35.4.